The van der Waals surface area contributed by atoms with Crippen LogP contribution >= 0.6 is 11.3 Å². The van der Waals surface area contributed by atoms with Crippen LogP contribution < -0.4 is 10.6 Å². The summed E-state index contributed by atoms with van der Waals surface area (Å²) in [5.41, 5.74) is 2.17. The summed E-state index contributed by atoms with van der Waals surface area (Å²) in [6.07, 6.45) is 0. The third-order valence-corrected chi connectivity index (χ3v) is 2.71. The minimum absolute atomic E-state index is 0.367. The quantitative estimate of drug-likeness (QED) is 0.717. The number of carboxylic acid groups (broad SMARTS) is 1. The van der Waals surface area contributed by atoms with Crippen LogP contribution in [0.3, 0.4) is 0 Å². The Bertz CT molecular complexity index is 362. The summed E-state index contributed by atoms with van der Waals surface area (Å²) in [6, 6.07) is -0.469. The molecule has 0 radical (unpaired) electrons. The molecule has 1 rings (SSSR count). The molecule has 0 spiro atoms. The smallest absolute Gasteiger partial charge is 0.323 e. The Balaban J connectivity index is 2.28. The number of rotatable bonds is 4. The zero-order chi connectivity index (χ0) is 11.3. The first-order valence-electron chi connectivity index (χ1n) is 4.34. The molecule has 0 aliphatic rings. The van der Waals surface area contributed by atoms with Crippen LogP contribution in [0.4, 0.5) is 4.79 Å². The van der Waals surface area contributed by atoms with Gasteiger partial charge in [-0.25, -0.2) is 4.79 Å². The van der Waals surface area contributed by atoms with Crippen molar-refractivity contribution in [3.05, 3.63) is 21.9 Å². The van der Waals surface area contributed by atoms with Gasteiger partial charge in [0.2, 0.25) is 0 Å². The molecule has 2 amide bonds. The highest BCUT2D eigenvalue weighted by Gasteiger charge is 2.04. The van der Waals surface area contributed by atoms with E-state index in [0.29, 0.717) is 6.54 Å². The van der Waals surface area contributed by atoms with Gasteiger partial charge in [-0.3, -0.25) is 4.79 Å². The predicted molar refractivity (Wildman–Crippen MR) is 56.9 cm³/mol. The fourth-order valence-corrected chi connectivity index (χ4v) is 1.82. The summed E-state index contributed by atoms with van der Waals surface area (Å²) in [4.78, 5) is 21.2. The molecule has 0 fully saturated rings. The van der Waals surface area contributed by atoms with Crippen molar-refractivity contribution >= 4 is 23.3 Å². The van der Waals surface area contributed by atoms with Crippen molar-refractivity contribution in [1.82, 2.24) is 10.6 Å². The predicted octanol–water partition coefficient (Wildman–Crippen LogP) is 0.940. The van der Waals surface area contributed by atoms with Crippen LogP contribution in [-0.4, -0.2) is 23.7 Å². The molecule has 5 nitrogen and oxygen atoms in total. The maximum Gasteiger partial charge on any atom is 0.323 e. The van der Waals surface area contributed by atoms with Gasteiger partial charge in [-0.15, -0.1) is 0 Å². The van der Waals surface area contributed by atoms with Crippen molar-refractivity contribution in [2.24, 2.45) is 0 Å². The number of amides is 2. The zero-order valence-corrected chi connectivity index (χ0v) is 9.06. The topological polar surface area (TPSA) is 78.4 Å². The fourth-order valence-electron chi connectivity index (χ4n) is 0.962. The number of thiophene rings is 1. The third kappa shape index (κ3) is 3.99. The molecule has 3 N–H and O–H groups in total. The molecular weight excluding hydrogens is 216 g/mol. The second-order valence-electron chi connectivity index (χ2n) is 3.01. The first-order valence-corrected chi connectivity index (χ1v) is 5.29. The molecule has 0 aliphatic heterocycles. The maximum atomic E-state index is 11.1. The van der Waals surface area contributed by atoms with Gasteiger partial charge in [0.05, 0.1) is 0 Å². The van der Waals surface area contributed by atoms with E-state index >= 15 is 0 Å². The minimum Gasteiger partial charge on any atom is -0.480 e. The highest BCUT2D eigenvalue weighted by molar-refractivity contribution is 7.08. The van der Waals surface area contributed by atoms with Crippen LogP contribution in [-0.2, 0) is 11.3 Å². The molecule has 0 bridgehead atoms. The van der Waals surface area contributed by atoms with Gasteiger partial charge in [0.1, 0.15) is 6.54 Å². The van der Waals surface area contributed by atoms with E-state index in [0.717, 1.165) is 11.1 Å². The van der Waals surface area contributed by atoms with Gasteiger partial charge in [-0.1, -0.05) is 0 Å². The fraction of sp³-hybridized carbons (Fsp3) is 0.333. The molecule has 0 saturated carbocycles. The third-order valence-electron chi connectivity index (χ3n) is 1.80. The van der Waals surface area contributed by atoms with Gasteiger partial charge < -0.3 is 15.7 Å². The molecule has 0 atom stereocenters. The van der Waals surface area contributed by atoms with Gasteiger partial charge >= 0.3 is 12.0 Å². The molecule has 0 aliphatic carbocycles. The SMILES string of the molecule is Cc1cscc1CNC(=O)NCC(=O)O. The van der Waals surface area contributed by atoms with E-state index in [1.54, 1.807) is 11.3 Å². The molecule has 15 heavy (non-hydrogen) atoms. The molecule has 1 aromatic heterocycles. The maximum absolute atomic E-state index is 11.1. The van der Waals surface area contributed by atoms with Crippen molar-refractivity contribution in [3.63, 3.8) is 0 Å². The Morgan fingerprint density at radius 1 is 1.40 bits per heavy atom. The second-order valence-corrected chi connectivity index (χ2v) is 3.75. The molecule has 1 heterocycles. The molecular formula is C9H12N2O3S. The van der Waals surface area contributed by atoms with Crippen LogP contribution in [0.25, 0.3) is 0 Å². The first kappa shape index (κ1) is 11.5. The molecule has 0 aromatic carbocycles. The number of hydrogen-bond donors (Lipinski definition) is 3. The van der Waals surface area contributed by atoms with E-state index < -0.39 is 12.0 Å². The lowest BCUT2D eigenvalue weighted by molar-refractivity contribution is -0.135. The summed E-state index contributed by atoms with van der Waals surface area (Å²) < 4.78 is 0. The first-order chi connectivity index (χ1) is 7.09. The van der Waals surface area contributed by atoms with Crippen LogP contribution in [0.2, 0.25) is 0 Å². The van der Waals surface area contributed by atoms with Crippen molar-refractivity contribution in [1.29, 1.82) is 0 Å². The van der Waals surface area contributed by atoms with E-state index in [2.05, 4.69) is 10.6 Å². The van der Waals surface area contributed by atoms with Crippen molar-refractivity contribution in [2.75, 3.05) is 6.54 Å². The largest absolute Gasteiger partial charge is 0.480 e. The average molecular weight is 228 g/mol. The lowest BCUT2D eigenvalue weighted by atomic mass is 10.2. The molecule has 1 aromatic rings. The van der Waals surface area contributed by atoms with E-state index in [-0.39, 0.29) is 6.54 Å². The average Bonchev–Trinajstić information content (AvgIpc) is 2.58. The highest BCUT2D eigenvalue weighted by atomic mass is 32.1. The Labute approximate surface area is 91.1 Å². The van der Waals surface area contributed by atoms with Crippen LogP contribution in [0.1, 0.15) is 11.1 Å². The summed E-state index contributed by atoms with van der Waals surface area (Å²) in [5, 5.41) is 17.1. The number of carbonyl (C=O) groups excluding carboxylic acids is 1. The lowest BCUT2D eigenvalue weighted by Gasteiger charge is -2.05. The van der Waals surface area contributed by atoms with Crippen LogP contribution in [0, 0.1) is 6.92 Å². The van der Waals surface area contributed by atoms with Crippen LogP contribution in [0.5, 0.6) is 0 Å². The Kier molecular flexibility index (Phi) is 4.11. The van der Waals surface area contributed by atoms with E-state index in [1.165, 1.54) is 0 Å². The van der Waals surface area contributed by atoms with Gasteiger partial charge in [0.15, 0.2) is 0 Å². The van der Waals surface area contributed by atoms with Gasteiger partial charge in [0, 0.05) is 6.54 Å². The van der Waals surface area contributed by atoms with Crippen molar-refractivity contribution < 1.29 is 14.7 Å². The Morgan fingerprint density at radius 3 is 2.67 bits per heavy atom. The molecule has 0 saturated heterocycles. The number of aliphatic carboxylic acids is 1. The van der Waals surface area contributed by atoms with E-state index in [4.69, 9.17) is 5.11 Å². The second kappa shape index (κ2) is 5.35. The summed E-state index contributed by atoms with van der Waals surface area (Å²) in [6.45, 7) is 2.01. The monoisotopic (exact) mass is 228 g/mol. The summed E-state index contributed by atoms with van der Waals surface area (Å²) >= 11 is 1.57. The van der Waals surface area contributed by atoms with Gasteiger partial charge in [-0.05, 0) is 28.8 Å². The minimum atomic E-state index is -1.06. The molecule has 0 unspecified atom stereocenters. The number of urea groups is 1. The zero-order valence-electron chi connectivity index (χ0n) is 8.24. The number of hydrogen-bond acceptors (Lipinski definition) is 3. The van der Waals surface area contributed by atoms with E-state index in [9.17, 15) is 9.59 Å². The standard InChI is InChI=1S/C9H12N2O3S/c1-6-4-15-5-7(6)2-10-9(14)11-3-8(12)13/h4-5H,2-3H2,1H3,(H,12,13)(H2,10,11,14). The summed E-state index contributed by atoms with van der Waals surface area (Å²) in [5.74, 6) is -1.06. The van der Waals surface area contributed by atoms with Crippen molar-refractivity contribution in [2.45, 2.75) is 13.5 Å². The summed E-state index contributed by atoms with van der Waals surface area (Å²) in [7, 11) is 0. The molecule has 82 valence electrons. The lowest BCUT2D eigenvalue weighted by Crippen LogP contribution is -2.38. The number of carbonyl (C=O) groups is 2. The highest BCUT2D eigenvalue weighted by Crippen LogP contribution is 2.12. The Morgan fingerprint density at radius 2 is 2.13 bits per heavy atom. The van der Waals surface area contributed by atoms with Gasteiger partial charge in [0.25, 0.3) is 0 Å². The number of nitrogens with one attached hydrogen (secondary N) is 2. The van der Waals surface area contributed by atoms with Gasteiger partial charge in [-0.2, -0.15) is 11.3 Å². The van der Waals surface area contributed by atoms with Crippen LogP contribution in [0.15, 0.2) is 10.8 Å². The Hall–Kier alpha value is -1.56. The normalized spacial score (nSPS) is 9.67. The van der Waals surface area contributed by atoms with Crippen molar-refractivity contribution in [3.8, 4) is 0 Å². The number of aryl methyl sites for hydroxylation is 1. The molecule has 6 heteroatoms. The number of carboxylic acids is 1. The van der Waals surface area contributed by atoms with E-state index in [1.807, 2.05) is 17.7 Å².